The summed E-state index contributed by atoms with van der Waals surface area (Å²) >= 11 is 6.79. The van der Waals surface area contributed by atoms with Crippen LogP contribution in [-0.4, -0.2) is 32.7 Å². The number of aromatic nitrogens is 2. The average Bonchev–Trinajstić information content (AvgIpc) is 2.83. The molecular weight excluding hydrogens is 554 g/mol. The lowest BCUT2D eigenvalue weighted by molar-refractivity contribution is 0.106. The second-order valence-corrected chi connectivity index (χ2v) is 20.4. The summed E-state index contributed by atoms with van der Waals surface area (Å²) in [6, 6.07) is 10.5. The van der Waals surface area contributed by atoms with E-state index >= 15 is 0 Å². The van der Waals surface area contributed by atoms with Crippen molar-refractivity contribution in [1.29, 1.82) is 0 Å². The molecule has 0 saturated carbocycles. The van der Waals surface area contributed by atoms with Crippen molar-refractivity contribution in [2.75, 3.05) is 0 Å². The fraction of sp³-hybridized carbons (Fsp3) is 0.393. The zero-order chi connectivity index (χ0) is 28.5. The van der Waals surface area contributed by atoms with Gasteiger partial charge in [0.15, 0.2) is 0 Å². The van der Waals surface area contributed by atoms with Gasteiger partial charge in [-0.3, -0.25) is 9.59 Å². The van der Waals surface area contributed by atoms with E-state index in [1.54, 1.807) is 30.6 Å². The Labute approximate surface area is 238 Å². The lowest BCUT2D eigenvalue weighted by Gasteiger charge is -2.35. The molecule has 38 heavy (non-hydrogen) atoms. The number of halogens is 1. The van der Waals surface area contributed by atoms with Gasteiger partial charge in [0.25, 0.3) is 0 Å². The number of nitrogens with zero attached hydrogens (tertiary/aromatic N) is 1. The molecule has 2 aromatic heterocycles. The van der Waals surface area contributed by atoms with E-state index in [0.29, 0.717) is 15.6 Å². The van der Waals surface area contributed by atoms with Crippen molar-refractivity contribution < 1.29 is 9.35 Å². The Hall–Kier alpha value is -1.88. The number of pyridine rings is 2. The summed E-state index contributed by atoms with van der Waals surface area (Å²) in [4.78, 5) is 33.6. The Morgan fingerprint density at radius 1 is 1.13 bits per heavy atom. The van der Waals surface area contributed by atoms with E-state index in [0.717, 1.165) is 21.6 Å². The van der Waals surface area contributed by atoms with Crippen molar-refractivity contribution in [3.05, 3.63) is 75.3 Å². The normalized spacial score (nSPS) is 13.4. The lowest BCUT2D eigenvalue weighted by Crippen LogP contribution is -2.46. The molecule has 3 rings (SSSR count). The van der Waals surface area contributed by atoms with Crippen LogP contribution in [0.4, 0.5) is 0 Å². The third kappa shape index (κ3) is 6.81. The van der Waals surface area contributed by atoms with Crippen LogP contribution in [0.15, 0.2) is 63.5 Å². The Bertz CT molecular complexity index is 1360. The summed E-state index contributed by atoms with van der Waals surface area (Å²) in [5.74, 6) is 0. The van der Waals surface area contributed by atoms with E-state index in [1.807, 2.05) is 32.9 Å². The number of carbonyl (C=O) groups excluding carboxylic acids is 1. The van der Waals surface area contributed by atoms with Crippen molar-refractivity contribution >= 4 is 48.2 Å². The summed E-state index contributed by atoms with van der Waals surface area (Å²) in [5.41, 5.74) is 2.82. The van der Waals surface area contributed by atoms with Gasteiger partial charge in [0.2, 0.25) is 5.56 Å². The van der Waals surface area contributed by atoms with E-state index in [9.17, 15) is 14.1 Å². The van der Waals surface area contributed by atoms with Crippen LogP contribution in [0.2, 0.25) is 23.2 Å². The fourth-order valence-corrected chi connectivity index (χ4v) is 7.20. The van der Waals surface area contributed by atoms with Gasteiger partial charge in [0.05, 0.1) is 11.6 Å². The van der Waals surface area contributed by atoms with Gasteiger partial charge < -0.3 is 9.54 Å². The molecule has 0 saturated heterocycles. The number of aromatic amines is 1. The van der Waals surface area contributed by atoms with Gasteiger partial charge in [0.1, 0.15) is 23.3 Å². The van der Waals surface area contributed by atoms with E-state index < -0.39 is 24.2 Å². The van der Waals surface area contributed by atoms with Gasteiger partial charge >= 0.3 is 0 Å². The molecule has 1 atom stereocenters. The Morgan fingerprint density at radius 2 is 1.82 bits per heavy atom. The molecule has 0 aliphatic heterocycles. The van der Waals surface area contributed by atoms with Gasteiger partial charge in [-0.2, -0.15) is 0 Å². The van der Waals surface area contributed by atoms with Gasteiger partial charge in [-0.25, -0.2) is 4.98 Å². The SMILES string of the molecule is CC(C)(C)[S+]([O-])NCc1c(-c2ccc(=O)[nH]c2)ccc(Cl)c1Sc1ncccc1C(=O)[Si](C)(C)C(C)(C)C. The predicted octanol–water partition coefficient (Wildman–Crippen LogP) is 7.02. The summed E-state index contributed by atoms with van der Waals surface area (Å²) < 4.78 is 15.6. The summed E-state index contributed by atoms with van der Waals surface area (Å²) in [6.07, 6.45) is 3.33. The predicted molar refractivity (Wildman–Crippen MR) is 162 cm³/mol. The van der Waals surface area contributed by atoms with Crippen LogP contribution < -0.4 is 10.3 Å². The van der Waals surface area contributed by atoms with Crippen LogP contribution >= 0.6 is 23.4 Å². The average molecular weight is 590 g/mol. The molecule has 0 spiro atoms. The Balaban J connectivity index is 2.15. The molecular formula is C28H36ClN3O3S2Si. The first-order valence-corrected chi connectivity index (χ1v) is 17.7. The van der Waals surface area contributed by atoms with E-state index in [4.69, 9.17) is 11.6 Å². The quantitative estimate of drug-likeness (QED) is 0.216. The third-order valence-corrected chi connectivity index (χ3v) is 15.2. The molecule has 0 bridgehead atoms. The standard InChI is InChI=1S/C28H36ClN3O3S2Si/c1-27(2,3)37(35)32-17-21-19(18-11-14-23(33)31-16-18)12-13-22(29)24(21)36-25-20(10-9-15-30-25)26(34)38(7,8)28(4,5)6/h9-16,32H,17H2,1-8H3,(H,31,33). The highest BCUT2D eigenvalue weighted by molar-refractivity contribution is 7.99. The minimum atomic E-state index is -2.36. The summed E-state index contributed by atoms with van der Waals surface area (Å²) in [6.45, 7) is 16.5. The molecule has 0 aliphatic carbocycles. The molecule has 3 aromatic rings. The third-order valence-electron chi connectivity index (χ3n) is 6.90. The van der Waals surface area contributed by atoms with Crippen molar-refractivity contribution in [3.63, 3.8) is 0 Å². The highest BCUT2D eigenvalue weighted by Gasteiger charge is 2.43. The molecule has 6 nitrogen and oxygen atoms in total. The first-order chi connectivity index (χ1) is 17.5. The smallest absolute Gasteiger partial charge is 0.247 e. The Morgan fingerprint density at radius 3 is 2.39 bits per heavy atom. The number of hydrogen-bond acceptors (Lipinski definition) is 6. The molecule has 0 radical (unpaired) electrons. The largest absolute Gasteiger partial charge is 0.598 e. The molecule has 0 fully saturated rings. The van der Waals surface area contributed by atoms with Crippen LogP contribution in [0.3, 0.4) is 0 Å². The van der Waals surface area contributed by atoms with Crippen LogP contribution in [-0.2, 0) is 17.9 Å². The molecule has 0 aliphatic rings. The minimum Gasteiger partial charge on any atom is -0.598 e. The molecule has 1 aromatic carbocycles. The Kier molecular flexibility index (Phi) is 9.44. The van der Waals surface area contributed by atoms with Crippen LogP contribution in [0, 0.1) is 0 Å². The van der Waals surface area contributed by atoms with Gasteiger partial charge in [-0.05, 0) is 66.8 Å². The summed E-state index contributed by atoms with van der Waals surface area (Å²) in [7, 11) is -2.36. The van der Waals surface area contributed by atoms with Crippen molar-refractivity contribution in [2.45, 2.75) is 80.9 Å². The topological polar surface area (TPSA) is 97.9 Å². The van der Waals surface area contributed by atoms with Crippen molar-refractivity contribution in [1.82, 2.24) is 14.7 Å². The number of benzene rings is 1. The second kappa shape index (κ2) is 11.7. The number of H-pyrrole nitrogens is 1. The molecule has 2 N–H and O–H groups in total. The number of carbonyl (C=O) groups is 1. The first-order valence-electron chi connectivity index (χ1n) is 12.4. The van der Waals surface area contributed by atoms with Crippen LogP contribution in [0.25, 0.3) is 11.1 Å². The molecule has 0 amide bonds. The summed E-state index contributed by atoms with van der Waals surface area (Å²) in [5, 5.41) is 1.09. The van der Waals surface area contributed by atoms with E-state index in [1.165, 1.54) is 17.8 Å². The second-order valence-electron chi connectivity index (χ2n) is 11.7. The van der Waals surface area contributed by atoms with Gasteiger partial charge in [0, 0.05) is 40.3 Å². The fourth-order valence-electron chi connectivity index (χ4n) is 3.51. The highest BCUT2D eigenvalue weighted by Crippen LogP contribution is 2.43. The molecule has 2 heterocycles. The number of rotatable bonds is 8. The molecule has 204 valence electrons. The monoisotopic (exact) mass is 589 g/mol. The highest BCUT2D eigenvalue weighted by atomic mass is 35.5. The zero-order valence-corrected chi connectivity index (χ0v) is 26.6. The van der Waals surface area contributed by atoms with Crippen LogP contribution in [0.1, 0.15) is 57.5 Å². The first kappa shape index (κ1) is 30.7. The minimum absolute atomic E-state index is 0.129. The van der Waals surface area contributed by atoms with E-state index in [2.05, 4.69) is 48.6 Å². The maximum absolute atomic E-state index is 13.8. The van der Waals surface area contributed by atoms with Gasteiger partial charge in [-0.15, -0.1) is 4.72 Å². The number of hydrogen-bond donors (Lipinski definition) is 2. The van der Waals surface area contributed by atoms with E-state index in [-0.39, 0.29) is 22.5 Å². The van der Waals surface area contributed by atoms with Gasteiger partial charge in [-0.1, -0.05) is 63.3 Å². The molecule has 1 unspecified atom stereocenters. The zero-order valence-electron chi connectivity index (χ0n) is 23.2. The van der Waals surface area contributed by atoms with Crippen molar-refractivity contribution in [2.24, 2.45) is 0 Å². The van der Waals surface area contributed by atoms with Crippen LogP contribution in [0.5, 0.6) is 0 Å². The maximum atomic E-state index is 13.8. The van der Waals surface area contributed by atoms with Crippen molar-refractivity contribution in [3.8, 4) is 11.1 Å². The number of nitrogens with one attached hydrogen (secondary N) is 2. The maximum Gasteiger partial charge on any atom is 0.247 e. The lowest BCUT2D eigenvalue weighted by atomic mass is 10.0. The molecule has 10 heteroatoms.